The lowest BCUT2D eigenvalue weighted by molar-refractivity contribution is 0.103. The largest absolute Gasteiger partial charge is 0.469 e. The van der Waals surface area contributed by atoms with Gasteiger partial charge in [0, 0.05) is 0 Å². The zero-order valence-electron chi connectivity index (χ0n) is 9.88. The number of carbonyl (C=O) groups excluding carboxylic acids is 1. The third kappa shape index (κ3) is 2.38. The molecule has 0 saturated carbocycles. The van der Waals surface area contributed by atoms with E-state index in [2.05, 4.69) is 0 Å². The van der Waals surface area contributed by atoms with Gasteiger partial charge < -0.3 is 4.42 Å². The van der Waals surface area contributed by atoms with Crippen LogP contribution in [0.5, 0.6) is 0 Å². The Kier molecular flexibility index (Phi) is 3.40. The molecule has 1 aromatic carbocycles. The molecule has 0 unspecified atom stereocenters. The van der Waals surface area contributed by atoms with Gasteiger partial charge in [-0.25, -0.2) is 0 Å². The number of hydrogen-bond donors (Lipinski definition) is 0. The van der Waals surface area contributed by atoms with Crippen molar-refractivity contribution in [1.29, 1.82) is 5.26 Å². The molecule has 0 bridgehead atoms. The van der Waals surface area contributed by atoms with Crippen LogP contribution in [-0.4, -0.2) is 5.78 Å². The summed E-state index contributed by atoms with van der Waals surface area (Å²) in [7, 11) is 0. The highest BCUT2D eigenvalue weighted by molar-refractivity contribution is 6.14. The fourth-order valence-corrected chi connectivity index (χ4v) is 1.63. The Balaban J connectivity index is 2.37. The number of aryl methyl sites for hydroxylation is 1. The number of carbonyl (C=O) groups is 1. The Bertz CT molecular complexity index is 630. The van der Waals surface area contributed by atoms with Gasteiger partial charge in [0.25, 0.3) is 0 Å². The Morgan fingerprint density at radius 1 is 1.28 bits per heavy atom. The lowest BCUT2D eigenvalue weighted by Crippen LogP contribution is -2.02. The molecule has 0 aliphatic heterocycles. The minimum Gasteiger partial charge on any atom is -0.469 e. The van der Waals surface area contributed by atoms with E-state index >= 15 is 0 Å². The molecule has 0 amide bonds. The van der Waals surface area contributed by atoms with E-state index in [9.17, 15) is 4.79 Å². The molecule has 18 heavy (non-hydrogen) atoms. The van der Waals surface area contributed by atoms with Gasteiger partial charge in [0.15, 0.2) is 0 Å². The molecule has 0 fully saturated rings. The van der Waals surface area contributed by atoms with Crippen molar-refractivity contribution < 1.29 is 9.21 Å². The topological polar surface area (TPSA) is 54.0 Å². The summed E-state index contributed by atoms with van der Waals surface area (Å²) in [5.74, 6) is 0.210. The van der Waals surface area contributed by atoms with Gasteiger partial charge in [-0.1, -0.05) is 30.3 Å². The number of allylic oxidation sites excluding steroid dienone is 1. The van der Waals surface area contributed by atoms with Crippen molar-refractivity contribution in [2.24, 2.45) is 0 Å². The molecule has 1 aromatic heterocycles. The van der Waals surface area contributed by atoms with E-state index in [1.807, 2.05) is 36.4 Å². The number of Topliss-reactive ketones (excluding diaryl/α,β-unsaturated/α-hetero) is 1. The van der Waals surface area contributed by atoms with Gasteiger partial charge in [0.2, 0.25) is 5.78 Å². The zero-order chi connectivity index (χ0) is 13.0. The highest BCUT2D eigenvalue weighted by atomic mass is 16.3. The zero-order valence-corrected chi connectivity index (χ0v) is 9.88. The summed E-state index contributed by atoms with van der Waals surface area (Å²) in [6.07, 6.45) is 3.02. The number of nitrogens with zero attached hydrogens (tertiary/aromatic N) is 1. The monoisotopic (exact) mass is 237 g/mol. The van der Waals surface area contributed by atoms with E-state index in [1.54, 1.807) is 19.1 Å². The number of benzene rings is 1. The molecule has 3 heteroatoms. The molecule has 0 aliphatic rings. The molecule has 2 aromatic rings. The number of ketones is 1. The van der Waals surface area contributed by atoms with Crippen LogP contribution in [0.1, 0.15) is 21.7 Å². The minimum absolute atomic E-state index is 0.103. The minimum atomic E-state index is -0.312. The Morgan fingerprint density at radius 2 is 2.00 bits per heavy atom. The lowest BCUT2D eigenvalue weighted by Gasteiger charge is -1.98. The SMILES string of the molecule is Cc1occc1C(=O)/C(C#N)=C/c1ccccc1. The van der Waals surface area contributed by atoms with Crippen LogP contribution in [0.2, 0.25) is 0 Å². The predicted molar refractivity (Wildman–Crippen MR) is 67.8 cm³/mol. The van der Waals surface area contributed by atoms with Crippen molar-refractivity contribution in [2.75, 3.05) is 0 Å². The van der Waals surface area contributed by atoms with Crippen molar-refractivity contribution in [3.8, 4) is 6.07 Å². The van der Waals surface area contributed by atoms with Crippen molar-refractivity contribution in [2.45, 2.75) is 6.92 Å². The first-order valence-electron chi connectivity index (χ1n) is 5.48. The number of hydrogen-bond acceptors (Lipinski definition) is 3. The van der Waals surface area contributed by atoms with Crippen molar-refractivity contribution in [3.63, 3.8) is 0 Å². The van der Waals surface area contributed by atoms with Crippen LogP contribution in [0.15, 0.2) is 52.7 Å². The highest BCUT2D eigenvalue weighted by Crippen LogP contribution is 2.16. The Morgan fingerprint density at radius 3 is 2.56 bits per heavy atom. The first kappa shape index (κ1) is 11.9. The molecule has 0 spiro atoms. The third-order valence-electron chi connectivity index (χ3n) is 2.58. The van der Waals surface area contributed by atoms with Gasteiger partial charge >= 0.3 is 0 Å². The van der Waals surface area contributed by atoms with Crippen LogP contribution >= 0.6 is 0 Å². The summed E-state index contributed by atoms with van der Waals surface area (Å²) in [6, 6.07) is 12.8. The van der Waals surface area contributed by atoms with E-state index in [1.165, 1.54) is 6.26 Å². The predicted octanol–water partition coefficient (Wildman–Crippen LogP) is 3.38. The smallest absolute Gasteiger partial charge is 0.207 e. The summed E-state index contributed by atoms with van der Waals surface area (Å²) < 4.78 is 5.07. The van der Waals surface area contributed by atoms with Gasteiger partial charge in [-0.3, -0.25) is 4.79 Å². The first-order chi connectivity index (χ1) is 8.72. The van der Waals surface area contributed by atoms with Gasteiger partial charge in [0.1, 0.15) is 17.4 Å². The van der Waals surface area contributed by atoms with E-state index in [-0.39, 0.29) is 11.4 Å². The van der Waals surface area contributed by atoms with E-state index in [0.29, 0.717) is 11.3 Å². The summed E-state index contributed by atoms with van der Waals surface area (Å²) in [4.78, 5) is 12.1. The van der Waals surface area contributed by atoms with Crippen LogP contribution < -0.4 is 0 Å². The second-order valence-corrected chi connectivity index (χ2v) is 3.80. The fraction of sp³-hybridized carbons (Fsp3) is 0.0667. The third-order valence-corrected chi connectivity index (χ3v) is 2.58. The molecule has 0 atom stereocenters. The average molecular weight is 237 g/mol. The molecule has 0 N–H and O–H groups in total. The van der Waals surface area contributed by atoms with Gasteiger partial charge in [-0.2, -0.15) is 5.26 Å². The van der Waals surface area contributed by atoms with Crippen LogP contribution in [0.25, 0.3) is 6.08 Å². The van der Waals surface area contributed by atoms with E-state index < -0.39 is 0 Å². The normalized spacial score (nSPS) is 11.0. The van der Waals surface area contributed by atoms with E-state index in [4.69, 9.17) is 9.68 Å². The number of rotatable bonds is 3. The van der Waals surface area contributed by atoms with Crippen molar-refractivity contribution in [1.82, 2.24) is 0 Å². The summed E-state index contributed by atoms with van der Waals surface area (Å²) in [5, 5.41) is 9.08. The van der Waals surface area contributed by atoms with Crippen LogP contribution in [0.3, 0.4) is 0 Å². The number of furan rings is 1. The van der Waals surface area contributed by atoms with Crippen LogP contribution in [0, 0.1) is 18.3 Å². The summed E-state index contributed by atoms with van der Waals surface area (Å²) in [5.41, 5.74) is 1.35. The van der Waals surface area contributed by atoms with Crippen LogP contribution in [0.4, 0.5) is 0 Å². The molecule has 1 heterocycles. The molecule has 3 nitrogen and oxygen atoms in total. The molecule has 2 rings (SSSR count). The maximum absolute atomic E-state index is 12.1. The van der Waals surface area contributed by atoms with E-state index in [0.717, 1.165) is 5.56 Å². The summed E-state index contributed by atoms with van der Waals surface area (Å²) in [6.45, 7) is 1.70. The first-order valence-corrected chi connectivity index (χ1v) is 5.48. The van der Waals surface area contributed by atoms with Gasteiger partial charge in [-0.05, 0) is 24.6 Å². The Labute approximate surface area is 105 Å². The van der Waals surface area contributed by atoms with Gasteiger partial charge in [0.05, 0.1) is 11.8 Å². The molecular formula is C15H11NO2. The second kappa shape index (κ2) is 5.15. The number of nitriles is 1. The van der Waals surface area contributed by atoms with Gasteiger partial charge in [-0.15, -0.1) is 0 Å². The maximum Gasteiger partial charge on any atom is 0.207 e. The van der Waals surface area contributed by atoms with Crippen molar-refractivity contribution >= 4 is 11.9 Å². The lowest BCUT2D eigenvalue weighted by atomic mass is 10.0. The molecule has 0 aliphatic carbocycles. The average Bonchev–Trinajstić information content (AvgIpc) is 2.82. The Hall–Kier alpha value is -2.60. The second-order valence-electron chi connectivity index (χ2n) is 3.80. The van der Waals surface area contributed by atoms with Crippen LogP contribution in [-0.2, 0) is 0 Å². The van der Waals surface area contributed by atoms with Crippen molar-refractivity contribution in [3.05, 3.63) is 65.1 Å². The molecule has 0 radical (unpaired) electrons. The fourth-order valence-electron chi connectivity index (χ4n) is 1.63. The highest BCUT2D eigenvalue weighted by Gasteiger charge is 2.16. The quantitative estimate of drug-likeness (QED) is 0.467. The molecule has 0 saturated heterocycles. The summed E-state index contributed by atoms with van der Waals surface area (Å²) >= 11 is 0. The maximum atomic E-state index is 12.1. The molecule has 88 valence electrons. The standard InChI is InChI=1S/C15H11NO2/c1-11-14(7-8-18-11)15(17)13(10-16)9-12-5-3-2-4-6-12/h2-9H,1H3/b13-9+. The molecular weight excluding hydrogens is 226 g/mol.